The van der Waals surface area contributed by atoms with Gasteiger partial charge in [-0.25, -0.2) is 0 Å². The van der Waals surface area contributed by atoms with Crippen molar-refractivity contribution < 1.29 is 0 Å². The molecule has 0 aliphatic heterocycles. The summed E-state index contributed by atoms with van der Waals surface area (Å²) in [5.41, 5.74) is 4.44. The summed E-state index contributed by atoms with van der Waals surface area (Å²) in [6.45, 7) is 14.1. The first-order valence-electron chi connectivity index (χ1n) is 7.51. The summed E-state index contributed by atoms with van der Waals surface area (Å²) >= 11 is 3.59. The number of para-hydroxylation sites is 1. The van der Waals surface area contributed by atoms with E-state index in [4.69, 9.17) is 0 Å². The van der Waals surface area contributed by atoms with Gasteiger partial charge in [0, 0.05) is 10.2 Å². The molecular weight excluding hydrogens is 334 g/mol. The molecule has 2 heteroatoms. The van der Waals surface area contributed by atoms with Crippen molar-refractivity contribution in [2.75, 3.05) is 5.32 Å². The lowest BCUT2D eigenvalue weighted by atomic mass is 9.95. The highest BCUT2D eigenvalue weighted by Gasteiger charge is 2.16. The minimum absolute atomic E-state index is 0.0207. The number of halogens is 1. The maximum atomic E-state index is 4.12. The Labute approximate surface area is 142 Å². The molecule has 0 heterocycles. The molecule has 2 rings (SSSR count). The molecule has 2 aromatic rings. The van der Waals surface area contributed by atoms with Crippen molar-refractivity contribution in [2.45, 2.75) is 26.8 Å². The summed E-state index contributed by atoms with van der Waals surface area (Å²) in [6, 6.07) is 16.4. The first-order valence-corrected chi connectivity index (χ1v) is 8.30. The Bertz CT molecular complexity index is 617. The zero-order valence-electron chi connectivity index (χ0n) is 13.6. The molecule has 1 N–H and O–H groups in total. The van der Waals surface area contributed by atoms with E-state index in [0.29, 0.717) is 0 Å². The number of benzene rings is 2. The highest BCUT2D eigenvalue weighted by Crippen LogP contribution is 2.31. The van der Waals surface area contributed by atoms with E-state index in [-0.39, 0.29) is 6.04 Å². The zero-order valence-corrected chi connectivity index (χ0v) is 15.2. The number of hydrogen-bond donors (Lipinski definition) is 1. The molecule has 0 saturated heterocycles. The van der Waals surface area contributed by atoms with Gasteiger partial charge in [0.05, 0.1) is 6.04 Å². The Balaban J connectivity index is 0.00000116. The van der Waals surface area contributed by atoms with Gasteiger partial charge in [-0.2, -0.15) is 0 Å². The van der Waals surface area contributed by atoms with E-state index in [1.807, 2.05) is 38.1 Å². The van der Waals surface area contributed by atoms with Gasteiger partial charge in [-0.1, -0.05) is 79.3 Å². The highest BCUT2D eigenvalue weighted by molar-refractivity contribution is 9.10. The average Bonchev–Trinajstić information content (AvgIpc) is 2.57. The van der Waals surface area contributed by atoms with Crippen LogP contribution in [0.15, 0.2) is 77.8 Å². The monoisotopic (exact) mass is 357 g/mol. The van der Waals surface area contributed by atoms with Crippen LogP contribution in [0.2, 0.25) is 0 Å². The fourth-order valence-electron chi connectivity index (χ4n) is 2.13. The summed E-state index contributed by atoms with van der Waals surface area (Å²) in [4.78, 5) is 0. The number of hydrogen-bond acceptors (Lipinski definition) is 1. The lowest BCUT2D eigenvalue weighted by molar-refractivity contribution is 0.929. The van der Waals surface area contributed by atoms with Gasteiger partial charge in [0.15, 0.2) is 0 Å². The molecule has 0 spiro atoms. The van der Waals surface area contributed by atoms with Crippen molar-refractivity contribution in [2.24, 2.45) is 0 Å². The lowest BCUT2D eigenvalue weighted by Gasteiger charge is -2.23. The van der Waals surface area contributed by atoms with E-state index in [1.54, 1.807) is 6.08 Å². The maximum absolute atomic E-state index is 4.12. The number of rotatable bonds is 5. The summed E-state index contributed by atoms with van der Waals surface area (Å²) in [5.74, 6) is 0. The normalized spacial score (nSPS) is 10.9. The van der Waals surface area contributed by atoms with Crippen LogP contribution in [-0.4, -0.2) is 0 Å². The minimum Gasteiger partial charge on any atom is -0.374 e. The molecule has 0 aromatic heterocycles. The van der Waals surface area contributed by atoms with Crippen molar-refractivity contribution in [3.63, 3.8) is 0 Å². The topological polar surface area (TPSA) is 12.0 Å². The molecule has 0 radical (unpaired) electrons. The Morgan fingerprint density at radius 3 is 2.32 bits per heavy atom. The quantitative estimate of drug-likeness (QED) is 0.588. The van der Waals surface area contributed by atoms with Crippen LogP contribution in [-0.2, 0) is 0 Å². The van der Waals surface area contributed by atoms with Crippen LogP contribution in [0.1, 0.15) is 31.0 Å². The summed E-state index contributed by atoms with van der Waals surface area (Å²) in [7, 11) is 0. The lowest BCUT2D eigenvalue weighted by Crippen LogP contribution is -2.13. The highest BCUT2D eigenvalue weighted by atomic mass is 79.9. The molecule has 0 aliphatic carbocycles. The van der Waals surface area contributed by atoms with Gasteiger partial charge in [0.25, 0.3) is 0 Å². The van der Waals surface area contributed by atoms with Gasteiger partial charge in [0.1, 0.15) is 0 Å². The Kier molecular flexibility index (Phi) is 7.69. The van der Waals surface area contributed by atoms with Crippen molar-refractivity contribution in [1.29, 1.82) is 0 Å². The number of anilines is 1. The van der Waals surface area contributed by atoms with E-state index < -0.39 is 0 Å². The number of nitrogens with one attached hydrogen (secondary N) is 1. The van der Waals surface area contributed by atoms with E-state index in [9.17, 15) is 0 Å². The minimum atomic E-state index is 0.0207. The van der Waals surface area contributed by atoms with Crippen LogP contribution in [0.3, 0.4) is 0 Å². The SMILES string of the molecule is C=CC(=C)C(Nc1ccccc1)c1cccc(Br)c1C.CC. The molecule has 116 valence electrons. The van der Waals surface area contributed by atoms with E-state index in [0.717, 1.165) is 15.7 Å². The smallest absolute Gasteiger partial charge is 0.0764 e. The van der Waals surface area contributed by atoms with Crippen molar-refractivity contribution >= 4 is 21.6 Å². The van der Waals surface area contributed by atoms with Crippen LogP contribution < -0.4 is 5.32 Å². The van der Waals surface area contributed by atoms with Crippen LogP contribution in [0, 0.1) is 6.92 Å². The van der Waals surface area contributed by atoms with Gasteiger partial charge in [-0.3, -0.25) is 0 Å². The Hall–Kier alpha value is -1.80. The third kappa shape index (κ3) is 4.60. The second-order valence-corrected chi connectivity index (χ2v) is 5.53. The van der Waals surface area contributed by atoms with Gasteiger partial charge < -0.3 is 5.32 Å². The van der Waals surface area contributed by atoms with Crippen LogP contribution >= 0.6 is 15.9 Å². The van der Waals surface area contributed by atoms with E-state index in [1.165, 1.54) is 11.1 Å². The predicted molar refractivity (Wildman–Crippen MR) is 102 cm³/mol. The average molecular weight is 358 g/mol. The first kappa shape index (κ1) is 18.2. The van der Waals surface area contributed by atoms with Crippen LogP contribution in [0.4, 0.5) is 5.69 Å². The second kappa shape index (κ2) is 9.26. The van der Waals surface area contributed by atoms with Gasteiger partial charge >= 0.3 is 0 Å². The molecule has 22 heavy (non-hydrogen) atoms. The third-order valence-corrected chi connectivity index (χ3v) is 4.20. The largest absolute Gasteiger partial charge is 0.374 e. The summed E-state index contributed by atoms with van der Waals surface area (Å²) < 4.78 is 1.10. The fourth-order valence-corrected chi connectivity index (χ4v) is 2.51. The van der Waals surface area contributed by atoms with Gasteiger partial charge in [-0.05, 0) is 41.8 Å². The van der Waals surface area contributed by atoms with Crippen molar-refractivity contribution in [1.82, 2.24) is 0 Å². The van der Waals surface area contributed by atoms with Crippen LogP contribution in [0.25, 0.3) is 0 Å². The standard InChI is InChI=1S/C18H18BrN.C2H6/c1-4-13(2)18(20-15-9-6-5-7-10-15)16-11-8-12-17(19)14(16)3;1-2/h4-12,18,20H,1-2H2,3H3;1-2H3. The molecule has 1 unspecified atom stereocenters. The molecule has 0 saturated carbocycles. The fraction of sp³-hybridized carbons (Fsp3) is 0.200. The second-order valence-electron chi connectivity index (χ2n) is 4.68. The third-order valence-electron chi connectivity index (χ3n) is 3.34. The Morgan fingerprint density at radius 2 is 1.73 bits per heavy atom. The first-order chi connectivity index (χ1) is 10.6. The molecule has 1 nitrogen and oxygen atoms in total. The van der Waals surface area contributed by atoms with Gasteiger partial charge in [0.2, 0.25) is 0 Å². The predicted octanol–water partition coefficient (Wildman–Crippen LogP) is 6.68. The molecule has 0 fully saturated rings. The summed E-state index contributed by atoms with van der Waals surface area (Å²) in [5, 5.41) is 3.52. The summed E-state index contributed by atoms with van der Waals surface area (Å²) in [6.07, 6.45) is 1.81. The van der Waals surface area contributed by atoms with Gasteiger partial charge in [-0.15, -0.1) is 0 Å². The van der Waals surface area contributed by atoms with Crippen molar-refractivity contribution in [3.8, 4) is 0 Å². The molecular formula is C20H24BrN. The van der Waals surface area contributed by atoms with Crippen molar-refractivity contribution in [3.05, 3.63) is 88.9 Å². The molecule has 0 bridgehead atoms. The maximum Gasteiger partial charge on any atom is 0.0764 e. The zero-order chi connectivity index (χ0) is 16.5. The molecule has 1 atom stereocenters. The molecule has 2 aromatic carbocycles. The molecule has 0 aliphatic rings. The van der Waals surface area contributed by atoms with E-state index in [2.05, 4.69) is 65.6 Å². The Morgan fingerprint density at radius 1 is 1.09 bits per heavy atom. The van der Waals surface area contributed by atoms with E-state index >= 15 is 0 Å². The molecule has 0 amide bonds. The van der Waals surface area contributed by atoms with Crippen LogP contribution in [0.5, 0.6) is 0 Å².